The summed E-state index contributed by atoms with van der Waals surface area (Å²) in [5.74, 6) is -0.0879. The number of hydrogen-bond acceptors (Lipinski definition) is 5. The minimum Gasteiger partial charge on any atom is -0.406 e. The van der Waals surface area contributed by atoms with E-state index in [0.717, 1.165) is 11.3 Å². The molecule has 0 saturated carbocycles. The van der Waals surface area contributed by atoms with Crippen LogP contribution >= 0.6 is 11.6 Å². The molecule has 0 spiro atoms. The van der Waals surface area contributed by atoms with E-state index in [0.29, 0.717) is 36.2 Å². The number of halogens is 4. The molecule has 2 aromatic carbocycles. The Balaban J connectivity index is 1.41. The fourth-order valence-corrected chi connectivity index (χ4v) is 4.09. The van der Waals surface area contributed by atoms with Crippen molar-refractivity contribution in [2.45, 2.75) is 32.3 Å². The van der Waals surface area contributed by atoms with Crippen molar-refractivity contribution in [3.05, 3.63) is 83.0 Å². The third-order valence-electron chi connectivity index (χ3n) is 5.76. The maximum absolute atomic E-state index is 12.5. The van der Waals surface area contributed by atoms with Crippen LogP contribution in [0.5, 0.6) is 5.75 Å². The molecular weight excluding hydrogens is 481 g/mol. The number of pyridine rings is 1. The van der Waals surface area contributed by atoms with Gasteiger partial charge in [-0.2, -0.15) is 0 Å². The van der Waals surface area contributed by atoms with Crippen LogP contribution in [0.15, 0.2) is 66.9 Å². The molecule has 10 heteroatoms. The minimum absolute atomic E-state index is 0.197. The van der Waals surface area contributed by atoms with Crippen LogP contribution in [-0.4, -0.2) is 40.9 Å². The van der Waals surface area contributed by atoms with Crippen LogP contribution in [0.2, 0.25) is 5.02 Å². The van der Waals surface area contributed by atoms with Crippen LogP contribution in [0, 0.1) is 0 Å². The SMILES string of the molecule is CC1(C)CN(c2ccc(OC(F)(F)F)cc2)CN1Cc1ccnc(NC(=O)c2ccc(Cl)cc2)c1. The number of carbonyl (C=O) groups is 1. The quantitative estimate of drug-likeness (QED) is 0.450. The second-order valence-corrected chi connectivity index (χ2v) is 9.34. The minimum atomic E-state index is -4.72. The number of rotatable bonds is 6. The van der Waals surface area contributed by atoms with Gasteiger partial charge in [-0.1, -0.05) is 11.6 Å². The molecule has 0 unspecified atom stereocenters. The first-order valence-electron chi connectivity index (χ1n) is 10.9. The van der Waals surface area contributed by atoms with E-state index >= 15 is 0 Å². The molecule has 1 fully saturated rings. The maximum Gasteiger partial charge on any atom is 0.573 e. The highest BCUT2D eigenvalue weighted by Gasteiger charge is 2.37. The van der Waals surface area contributed by atoms with Crippen molar-refractivity contribution < 1.29 is 22.7 Å². The molecule has 0 bridgehead atoms. The first-order chi connectivity index (χ1) is 16.5. The number of ether oxygens (including phenoxy) is 1. The standard InChI is InChI=1S/C25H24ClF3N4O2/c1-24(2)15-32(20-7-9-21(10-8-20)35-25(27,28)29)16-33(24)14-17-11-12-30-22(13-17)31-23(34)18-3-5-19(26)6-4-18/h3-13H,14-16H2,1-2H3,(H,30,31,34). The van der Waals surface area contributed by atoms with Gasteiger partial charge in [0.2, 0.25) is 0 Å². The second-order valence-electron chi connectivity index (χ2n) is 8.90. The number of hydrogen-bond donors (Lipinski definition) is 1. The molecule has 1 aliphatic rings. The van der Waals surface area contributed by atoms with E-state index in [1.165, 1.54) is 12.1 Å². The van der Waals surface area contributed by atoms with E-state index in [9.17, 15) is 18.0 Å². The predicted molar refractivity (Wildman–Crippen MR) is 129 cm³/mol. The number of aromatic nitrogens is 1. The lowest BCUT2D eigenvalue weighted by molar-refractivity contribution is -0.274. The summed E-state index contributed by atoms with van der Waals surface area (Å²) >= 11 is 5.88. The second kappa shape index (κ2) is 9.75. The summed E-state index contributed by atoms with van der Waals surface area (Å²) < 4.78 is 41.3. The van der Waals surface area contributed by atoms with Gasteiger partial charge in [-0.25, -0.2) is 4.98 Å². The largest absolute Gasteiger partial charge is 0.573 e. The zero-order chi connectivity index (χ0) is 25.2. The fraction of sp³-hybridized carbons (Fsp3) is 0.280. The van der Waals surface area contributed by atoms with Gasteiger partial charge in [-0.05, 0) is 80.1 Å². The molecule has 3 aromatic rings. The smallest absolute Gasteiger partial charge is 0.406 e. The average Bonchev–Trinajstić information content (AvgIpc) is 3.08. The Bertz CT molecular complexity index is 1180. The normalized spacial score (nSPS) is 15.8. The summed E-state index contributed by atoms with van der Waals surface area (Å²) in [6.07, 6.45) is -3.07. The van der Waals surface area contributed by atoms with E-state index < -0.39 is 6.36 Å². The van der Waals surface area contributed by atoms with E-state index in [4.69, 9.17) is 11.6 Å². The average molecular weight is 505 g/mol. The highest BCUT2D eigenvalue weighted by molar-refractivity contribution is 6.30. The fourth-order valence-electron chi connectivity index (χ4n) is 3.96. The van der Waals surface area contributed by atoms with Crippen LogP contribution in [0.25, 0.3) is 0 Å². The third kappa shape index (κ3) is 6.43. The molecule has 1 aromatic heterocycles. The van der Waals surface area contributed by atoms with Gasteiger partial charge in [0.25, 0.3) is 5.91 Å². The van der Waals surface area contributed by atoms with Crippen molar-refractivity contribution in [3.8, 4) is 5.75 Å². The monoisotopic (exact) mass is 504 g/mol. The zero-order valence-corrected chi connectivity index (χ0v) is 19.9. The molecule has 184 valence electrons. The molecule has 4 rings (SSSR count). The number of carbonyl (C=O) groups excluding carboxylic acids is 1. The molecule has 0 radical (unpaired) electrons. The van der Waals surface area contributed by atoms with Crippen LogP contribution in [0.3, 0.4) is 0 Å². The lowest BCUT2D eigenvalue weighted by Gasteiger charge is -2.29. The Kier molecular flexibility index (Phi) is 6.91. The van der Waals surface area contributed by atoms with E-state index in [1.807, 2.05) is 12.1 Å². The Morgan fingerprint density at radius 2 is 1.80 bits per heavy atom. The molecule has 1 N–H and O–H groups in total. The molecule has 0 atom stereocenters. The third-order valence-corrected chi connectivity index (χ3v) is 6.01. The van der Waals surface area contributed by atoms with Gasteiger partial charge in [0.05, 0.1) is 6.67 Å². The summed E-state index contributed by atoms with van der Waals surface area (Å²) in [6, 6.07) is 16.2. The Hall–Kier alpha value is -3.30. The van der Waals surface area contributed by atoms with E-state index in [2.05, 4.69) is 38.7 Å². The molecule has 1 saturated heterocycles. The maximum atomic E-state index is 12.5. The lowest BCUT2D eigenvalue weighted by Crippen LogP contribution is -2.39. The molecular formula is C25H24ClF3N4O2. The topological polar surface area (TPSA) is 57.7 Å². The molecule has 1 amide bonds. The van der Waals surface area contributed by atoms with Gasteiger partial charge in [-0.3, -0.25) is 9.69 Å². The van der Waals surface area contributed by atoms with Gasteiger partial charge < -0.3 is 15.0 Å². The van der Waals surface area contributed by atoms with Gasteiger partial charge in [0, 0.05) is 41.1 Å². The number of alkyl halides is 3. The van der Waals surface area contributed by atoms with Crippen LogP contribution in [0.1, 0.15) is 29.8 Å². The lowest BCUT2D eigenvalue weighted by atomic mass is 10.0. The number of benzene rings is 2. The van der Waals surface area contributed by atoms with Gasteiger partial charge >= 0.3 is 6.36 Å². The summed E-state index contributed by atoms with van der Waals surface area (Å²) in [4.78, 5) is 21.1. The predicted octanol–water partition coefficient (Wildman–Crippen LogP) is 5.94. The first kappa shape index (κ1) is 24.8. The van der Waals surface area contributed by atoms with Crippen molar-refractivity contribution in [2.24, 2.45) is 0 Å². The van der Waals surface area contributed by atoms with Crippen molar-refractivity contribution in [3.63, 3.8) is 0 Å². The Morgan fingerprint density at radius 3 is 2.46 bits per heavy atom. The number of anilines is 2. The Morgan fingerprint density at radius 1 is 1.11 bits per heavy atom. The zero-order valence-electron chi connectivity index (χ0n) is 19.1. The molecule has 6 nitrogen and oxygen atoms in total. The van der Waals surface area contributed by atoms with Crippen molar-refractivity contribution >= 4 is 29.0 Å². The van der Waals surface area contributed by atoms with Gasteiger partial charge in [0.1, 0.15) is 11.6 Å². The first-order valence-corrected chi connectivity index (χ1v) is 11.2. The van der Waals surface area contributed by atoms with Crippen molar-refractivity contribution in [1.82, 2.24) is 9.88 Å². The summed E-state index contributed by atoms with van der Waals surface area (Å²) in [7, 11) is 0. The summed E-state index contributed by atoms with van der Waals surface area (Å²) in [5, 5.41) is 3.36. The van der Waals surface area contributed by atoms with E-state index in [1.54, 1.807) is 42.6 Å². The molecule has 1 aliphatic heterocycles. The number of amides is 1. The summed E-state index contributed by atoms with van der Waals surface area (Å²) in [6.45, 7) is 6.10. The van der Waals surface area contributed by atoms with Gasteiger partial charge in [-0.15, -0.1) is 13.2 Å². The molecule has 35 heavy (non-hydrogen) atoms. The Labute approximate surface area is 206 Å². The highest BCUT2D eigenvalue weighted by Crippen LogP contribution is 2.32. The van der Waals surface area contributed by atoms with Gasteiger partial charge in [0.15, 0.2) is 0 Å². The highest BCUT2D eigenvalue weighted by atomic mass is 35.5. The van der Waals surface area contributed by atoms with Crippen molar-refractivity contribution in [1.29, 1.82) is 0 Å². The van der Waals surface area contributed by atoms with E-state index in [-0.39, 0.29) is 17.2 Å². The number of nitrogens with zero attached hydrogens (tertiary/aromatic N) is 3. The van der Waals surface area contributed by atoms with Crippen LogP contribution in [-0.2, 0) is 6.54 Å². The van der Waals surface area contributed by atoms with Crippen LogP contribution in [0.4, 0.5) is 24.7 Å². The molecule has 2 heterocycles. The number of nitrogens with one attached hydrogen (secondary N) is 1. The van der Waals surface area contributed by atoms with Crippen molar-refractivity contribution in [2.75, 3.05) is 23.4 Å². The summed E-state index contributed by atoms with van der Waals surface area (Å²) in [5.41, 5.74) is 2.05. The molecule has 0 aliphatic carbocycles. The van der Waals surface area contributed by atoms with Crippen LogP contribution < -0.4 is 15.0 Å².